The smallest absolute Gasteiger partial charge is 0.252 e. The van der Waals surface area contributed by atoms with E-state index in [1.54, 1.807) is 18.2 Å². The Morgan fingerprint density at radius 1 is 1.08 bits per heavy atom. The molecule has 1 N–H and O–H groups in total. The molecule has 136 valence electrons. The number of rotatable bonds is 4. The van der Waals surface area contributed by atoms with Crippen LogP contribution in [0.25, 0.3) is 0 Å². The van der Waals surface area contributed by atoms with Gasteiger partial charge in [-0.15, -0.1) is 0 Å². The first kappa shape index (κ1) is 18.6. The van der Waals surface area contributed by atoms with Crippen molar-refractivity contribution in [1.82, 2.24) is 10.2 Å². The number of hydrogen-bond acceptors (Lipinski definition) is 2. The summed E-state index contributed by atoms with van der Waals surface area (Å²) in [7, 11) is 0. The minimum Gasteiger partial charge on any atom is -0.349 e. The molecule has 1 fully saturated rings. The Morgan fingerprint density at radius 3 is 2.38 bits per heavy atom. The Hall–Kier alpha value is -2.21. The highest BCUT2D eigenvalue weighted by Crippen LogP contribution is 2.18. The molecule has 2 aromatic rings. The van der Waals surface area contributed by atoms with Crippen molar-refractivity contribution in [3.05, 3.63) is 69.9 Å². The normalized spacial score (nSPS) is 14.9. The lowest BCUT2D eigenvalue weighted by Crippen LogP contribution is -2.47. The second-order valence-corrected chi connectivity index (χ2v) is 7.27. The van der Waals surface area contributed by atoms with E-state index in [4.69, 9.17) is 0 Å². The van der Waals surface area contributed by atoms with Crippen LogP contribution in [-0.4, -0.2) is 35.8 Å². The van der Waals surface area contributed by atoms with Gasteiger partial charge in [-0.25, -0.2) is 4.39 Å². The molecular weight excluding hydrogens is 399 g/mol. The van der Waals surface area contributed by atoms with E-state index < -0.39 is 0 Å². The van der Waals surface area contributed by atoms with Gasteiger partial charge in [0.25, 0.3) is 5.91 Å². The first-order valence-electron chi connectivity index (χ1n) is 8.60. The Kier molecular flexibility index (Phi) is 6.04. The zero-order valence-electron chi connectivity index (χ0n) is 14.3. The number of halogens is 2. The van der Waals surface area contributed by atoms with Gasteiger partial charge in [-0.3, -0.25) is 9.59 Å². The molecule has 0 unspecified atom stereocenters. The van der Waals surface area contributed by atoms with Crippen molar-refractivity contribution in [3.63, 3.8) is 0 Å². The topological polar surface area (TPSA) is 49.4 Å². The molecule has 1 heterocycles. The summed E-state index contributed by atoms with van der Waals surface area (Å²) in [6, 6.07) is 13.4. The lowest BCUT2D eigenvalue weighted by atomic mass is 10.0. The van der Waals surface area contributed by atoms with Crippen molar-refractivity contribution >= 4 is 27.7 Å². The molecule has 0 spiro atoms. The number of likely N-dealkylation sites (tertiary alicyclic amines) is 1. The quantitative estimate of drug-likeness (QED) is 0.824. The number of piperidine rings is 1. The molecule has 4 nitrogen and oxygen atoms in total. The average molecular weight is 419 g/mol. The summed E-state index contributed by atoms with van der Waals surface area (Å²) in [5.41, 5.74) is 1.42. The summed E-state index contributed by atoms with van der Waals surface area (Å²) in [5.74, 6) is -0.372. The van der Waals surface area contributed by atoms with Crippen LogP contribution in [-0.2, 0) is 11.2 Å². The van der Waals surface area contributed by atoms with Crippen molar-refractivity contribution in [2.75, 3.05) is 13.1 Å². The zero-order chi connectivity index (χ0) is 18.5. The zero-order valence-corrected chi connectivity index (χ0v) is 15.8. The number of carbonyl (C=O) groups is 2. The molecule has 2 aromatic carbocycles. The molecule has 1 aliphatic rings. The molecule has 1 saturated heterocycles. The fourth-order valence-electron chi connectivity index (χ4n) is 3.07. The van der Waals surface area contributed by atoms with Crippen LogP contribution in [0.4, 0.5) is 4.39 Å². The van der Waals surface area contributed by atoms with Gasteiger partial charge in [0.05, 0.1) is 12.0 Å². The summed E-state index contributed by atoms with van der Waals surface area (Å²) >= 11 is 3.39. The van der Waals surface area contributed by atoms with Crippen LogP contribution in [0.15, 0.2) is 53.0 Å². The van der Waals surface area contributed by atoms with E-state index >= 15 is 0 Å². The molecule has 0 bridgehead atoms. The first-order valence-corrected chi connectivity index (χ1v) is 9.40. The maximum absolute atomic E-state index is 12.9. The van der Waals surface area contributed by atoms with E-state index in [-0.39, 0.29) is 30.1 Å². The van der Waals surface area contributed by atoms with Gasteiger partial charge in [0.1, 0.15) is 5.82 Å². The highest BCUT2D eigenvalue weighted by Gasteiger charge is 2.24. The van der Waals surface area contributed by atoms with E-state index in [0.717, 1.165) is 22.9 Å². The molecule has 0 aromatic heterocycles. The van der Waals surface area contributed by atoms with Crippen LogP contribution in [0.1, 0.15) is 28.8 Å². The molecule has 0 aliphatic carbocycles. The largest absolute Gasteiger partial charge is 0.349 e. The van der Waals surface area contributed by atoms with Crippen LogP contribution < -0.4 is 5.32 Å². The van der Waals surface area contributed by atoms with Crippen LogP contribution >= 0.6 is 15.9 Å². The van der Waals surface area contributed by atoms with Crippen LogP contribution in [0.3, 0.4) is 0 Å². The molecule has 2 amide bonds. The summed E-state index contributed by atoms with van der Waals surface area (Å²) in [6.07, 6.45) is 1.73. The van der Waals surface area contributed by atoms with Crippen LogP contribution in [0, 0.1) is 5.82 Å². The van der Waals surface area contributed by atoms with E-state index in [2.05, 4.69) is 21.2 Å². The third kappa shape index (κ3) is 4.69. The lowest BCUT2D eigenvalue weighted by molar-refractivity contribution is -0.131. The maximum atomic E-state index is 12.9. The van der Waals surface area contributed by atoms with Crippen molar-refractivity contribution in [1.29, 1.82) is 0 Å². The first-order chi connectivity index (χ1) is 12.5. The fourth-order valence-corrected chi connectivity index (χ4v) is 3.54. The van der Waals surface area contributed by atoms with E-state index in [1.807, 2.05) is 23.1 Å². The second-order valence-electron chi connectivity index (χ2n) is 6.41. The van der Waals surface area contributed by atoms with Crippen molar-refractivity contribution in [2.24, 2.45) is 0 Å². The minimum absolute atomic E-state index is 0.0344. The Morgan fingerprint density at radius 2 is 1.73 bits per heavy atom. The van der Waals surface area contributed by atoms with Crippen LogP contribution in [0.2, 0.25) is 0 Å². The molecule has 26 heavy (non-hydrogen) atoms. The average Bonchev–Trinajstić information content (AvgIpc) is 2.64. The van der Waals surface area contributed by atoms with Gasteiger partial charge in [0, 0.05) is 23.6 Å². The molecule has 6 heteroatoms. The Labute approximate surface area is 160 Å². The van der Waals surface area contributed by atoms with Gasteiger partial charge in [0.15, 0.2) is 0 Å². The summed E-state index contributed by atoms with van der Waals surface area (Å²) in [6.45, 7) is 1.22. The fraction of sp³-hybridized carbons (Fsp3) is 0.300. The van der Waals surface area contributed by atoms with Gasteiger partial charge in [-0.1, -0.05) is 24.3 Å². The van der Waals surface area contributed by atoms with Gasteiger partial charge in [-0.05, 0) is 58.6 Å². The number of carbonyl (C=O) groups excluding carboxylic acids is 2. The molecule has 0 saturated carbocycles. The summed E-state index contributed by atoms with van der Waals surface area (Å²) in [5, 5.41) is 3.04. The highest BCUT2D eigenvalue weighted by molar-refractivity contribution is 9.10. The van der Waals surface area contributed by atoms with E-state index in [9.17, 15) is 14.0 Å². The van der Waals surface area contributed by atoms with Gasteiger partial charge in [0.2, 0.25) is 5.91 Å². The van der Waals surface area contributed by atoms with Gasteiger partial charge in [-0.2, -0.15) is 0 Å². The standard InChI is InChI=1S/C20H20BrFN2O2/c21-18-4-2-1-3-17(18)20(26)23-16-9-11-24(12-10-16)19(25)13-14-5-7-15(22)8-6-14/h1-8,16H,9-13H2,(H,23,26). The van der Waals surface area contributed by atoms with E-state index in [0.29, 0.717) is 18.7 Å². The minimum atomic E-state index is -0.303. The van der Waals surface area contributed by atoms with E-state index in [1.165, 1.54) is 12.1 Å². The number of nitrogens with zero attached hydrogens (tertiary/aromatic N) is 1. The number of nitrogens with one attached hydrogen (secondary N) is 1. The third-order valence-electron chi connectivity index (χ3n) is 4.57. The predicted molar refractivity (Wildman–Crippen MR) is 101 cm³/mol. The predicted octanol–water partition coefficient (Wildman–Crippen LogP) is 3.55. The van der Waals surface area contributed by atoms with Crippen molar-refractivity contribution in [3.8, 4) is 0 Å². The third-order valence-corrected chi connectivity index (χ3v) is 5.26. The molecule has 0 radical (unpaired) electrons. The second kappa shape index (κ2) is 8.45. The van der Waals surface area contributed by atoms with Crippen LogP contribution in [0.5, 0.6) is 0 Å². The molecule has 3 rings (SSSR count). The number of hydrogen-bond donors (Lipinski definition) is 1. The Balaban J connectivity index is 1.49. The number of amides is 2. The number of benzene rings is 2. The highest BCUT2D eigenvalue weighted by atomic mass is 79.9. The molecular formula is C20H20BrFN2O2. The van der Waals surface area contributed by atoms with Gasteiger partial charge < -0.3 is 10.2 Å². The SMILES string of the molecule is O=C(NC1CCN(C(=O)Cc2ccc(F)cc2)CC1)c1ccccc1Br. The lowest BCUT2D eigenvalue weighted by Gasteiger charge is -2.32. The Bertz CT molecular complexity index is 787. The summed E-state index contributed by atoms with van der Waals surface area (Å²) < 4.78 is 13.7. The maximum Gasteiger partial charge on any atom is 0.252 e. The van der Waals surface area contributed by atoms with Crippen molar-refractivity contribution < 1.29 is 14.0 Å². The molecule has 1 aliphatic heterocycles. The molecule has 0 atom stereocenters. The summed E-state index contributed by atoms with van der Waals surface area (Å²) in [4.78, 5) is 26.6. The monoisotopic (exact) mass is 418 g/mol. The van der Waals surface area contributed by atoms with Gasteiger partial charge >= 0.3 is 0 Å². The van der Waals surface area contributed by atoms with Crippen molar-refractivity contribution in [2.45, 2.75) is 25.3 Å².